The van der Waals surface area contributed by atoms with Gasteiger partial charge in [0.15, 0.2) is 5.38 Å². The zero-order chi connectivity index (χ0) is 14.1. The summed E-state index contributed by atoms with van der Waals surface area (Å²) in [4.78, 5) is 11.5. The average Bonchev–Trinajstić information content (AvgIpc) is 2.44. The van der Waals surface area contributed by atoms with E-state index in [0.29, 0.717) is 6.61 Å². The molecule has 0 fully saturated rings. The van der Waals surface area contributed by atoms with Crippen molar-refractivity contribution in [3.8, 4) is 0 Å². The molecule has 0 spiro atoms. The Labute approximate surface area is 121 Å². The second kappa shape index (κ2) is 8.98. The Morgan fingerprint density at radius 2 is 1.84 bits per heavy atom. The molecule has 0 bridgehead atoms. The zero-order valence-corrected chi connectivity index (χ0v) is 12.6. The van der Waals surface area contributed by atoms with Crippen molar-refractivity contribution in [2.45, 2.75) is 51.3 Å². The number of benzene rings is 1. The van der Waals surface area contributed by atoms with Gasteiger partial charge in [-0.25, -0.2) is 0 Å². The molecule has 0 saturated carbocycles. The molecule has 0 aliphatic heterocycles. The monoisotopic (exact) mass is 282 g/mol. The van der Waals surface area contributed by atoms with Gasteiger partial charge in [-0.05, 0) is 30.9 Å². The highest BCUT2D eigenvalue weighted by Gasteiger charge is 2.18. The molecule has 0 N–H and O–H groups in total. The van der Waals surface area contributed by atoms with Crippen molar-refractivity contribution < 1.29 is 9.53 Å². The van der Waals surface area contributed by atoms with E-state index in [1.807, 2.05) is 12.1 Å². The highest BCUT2D eigenvalue weighted by atomic mass is 35.5. The number of unbranched alkanes of at least 4 members (excludes halogenated alkanes) is 3. The van der Waals surface area contributed by atoms with Crippen LogP contribution in [-0.4, -0.2) is 12.6 Å². The fourth-order valence-electron chi connectivity index (χ4n) is 1.96. The molecule has 0 heterocycles. The van der Waals surface area contributed by atoms with Gasteiger partial charge >= 0.3 is 5.97 Å². The van der Waals surface area contributed by atoms with Gasteiger partial charge in [-0.1, -0.05) is 50.5 Å². The maximum absolute atomic E-state index is 11.5. The maximum atomic E-state index is 11.5. The lowest BCUT2D eigenvalue weighted by atomic mass is 10.0. The van der Waals surface area contributed by atoms with Gasteiger partial charge in [-0.2, -0.15) is 0 Å². The first kappa shape index (κ1) is 16.0. The van der Waals surface area contributed by atoms with Crippen molar-refractivity contribution >= 4 is 17.6 Å². The van der Waals surface area contributed by atoms with Crippen LogP contribution in [0.1, 0.15) is 56.0 Å². The third-order valence-electron chi connectivity index (χ3n) is 3.08. The Morgan fingerprint density at radius 1 is 1.16 bits per heavy atom. The quantitative estimate of drug-likeness (QED) is 0.394. The van der Waals surface area contributed by atoms with Gasteiger partial charge in [0.25, 0.3) is 0 Å². The first-order valence-electron chi connectivity index (χ1n) is 7.08. The fraction of sp³-hybridized carbons (Fsp3) is 0.562. The Bertz CT molecular complexity index is 373. The molecule has 1 atom stereocenters. The maximum Gasteiger partial charge on any atom is 0.328 e. The lowest BCUT2D eigenvalue weighted by Crippen LogP contribution is -2.11. The number of aryl methyl sites for hydroxylation is 1. The van der Waals surface area contributed by atoms with Gasteiger partial charge in [-0.15, -0.1) is 11.6 Å². The van der Waals surface area contributed by atoms with Crippen molar-refractivity contribution in [3.05, 3.63) is 35.4 Å². The van der Waals surface area contributed by atoms with E-state index in [-0.39, 0.29) is 5.97 Å². The van der Waals surface area contributed by atoms with Crippen LogP contribution in [0, 0.1) is 0 Å². The van der Waals surface area contributed by atoms with Crippen LogP contribution in [0.15, 0.2) is 24.3 Å². The second-order valence-corrected chi connectivity index (χ2v) is 5.10. The highest BCUT2D eigenvalue weighted by molar-refractivity contribution is 6.29. The fourth-order valence-corrected chi connectivity index (χ4v) is 2.17. The van der Waals surface area contributed by atoms with Crippen LogP contribution >= 0.6 is 11.6 Å². The summed E-state index contributed by atoms with van der Waals surface area (Å²) in [5, 5.41) is -0.700. The van der Waals surface area contributed by atoms with Crippen LogP contribution in [0.4, 0.5) is 0 Å². The second-order valence-electron chi connectivity index (χ2n) is 4.67. The molecular weight excluding hydrogens is 260 g/mol. The van der Waals surface area contributed by atoms with Crippen molar-refractivity contribution in [1.29, 1.82) is 0 Å². The molecule has 0 aliphatic rings. The number of hydrogen-bond acceptors (Lipinski definition) is 2. The van der Waals surface area contributed by atoms with E-state index in [0.717, 1.165) is 12.0 Å². The molecule has 0 aliphatic carbocycles. The summed E-state index contributed by atoms with van der Waals surface area (Å²) in [6.45, 7) is 4.35. The molecular formula is C16H23ClO2. The number of carbonyl (C=O) groups is 1. The standard InChI is InChI=1S/C16H23ClO2/c1-3-5-6-7-8-13-9-11-14(12-10-13)15(17)16(18)19-4-2/h9-12,15H,3-8H2,1-2H3. The smallest absolute Gasteiger partial charge is 0.328 e. The minimum atomic E-state index is -0.700. The van der Waals surface area contributed by atoms with Gasteiger partial charge in [0.05, 0.1) is 6.61 Å². The molecule has 2 nitrogen and oxygen atoms in total. The summed E-state index contributed by atoms with van der Waals surface area (Å²) in [7, 11) is 0. The van der Waals surface area contributed by atoms with Crippen LogP contribution < -0.4 is 0 Å². The number of alkyl halides is 1. The van der Waals surface area contributed by atoms with E-state index in [4.69, 9.17) is 16.3 Å². The summed E-state index contributed by atoms with van der Waals surface area (Å²) < 4.78 is 4.91. The summed E-state index contributed by atoms with van der Waals surface area (Å²) >= 11 is 6.06. The molecule has 0 aromatic heterocycles. The van der Waals surface area contributed by atoms with E-state index < -0.39 is 5.38 Å². The molecule has 1 rings (SSSR count). The minimum absolute atomic E-state index is 0.359. The SMILES string of the molecule is CCCCCCc1ccc(C(Cl)C(=O)OCC)cc1. The van der Waals surface area contributed by atoms with Gasteiger partial charge in [0, 0.05) is 0 Å². The largest absolute Gasteiger partial charge is 0.465 e. The minimum Gasteiger partial charge on any atom is -0.465 e. The van der Waals surface area contributed by atoms with Gasteiger partial charge in [0.1, 0.15) is 0 Å². The molecule has 0 radical (unpaired) electrons. The molecule has 106 valence electrons. The predicted octanol–water partition coefficient (Wildman–Crippen LogP) is 4.65. The van der Waals surface area contributed by atoms with Crippen LogP contribution in [0.2, 0.25) is 0 Å². The first-order chi connectivity index (χ1) is 9.19. The van der Waals surface area contributed by atoms with Gasteiger partial charge in [-0.3, -0.25) is 4.79 Å². The van der Waals surface area contributed by atoms with Gasteiger partial charge in [0.2, 0.25) is 0 Å². The van der Waals surface area contributed by atoms with Crippen LogP contribution in [0.3, 0.4) is 0 Å². The molecule has 0 saturated heterocycles. The molecule has 0 amide bonds. The summed E-state index contributed by atoms with van der Waals surface area (Å²) in [6, 6.07) is 7.94. The number of halogens is 1. The van der Waals surface area contributed by atoms with Crippen LogP contribution in [-0.2, 0) is 16.0 Å². The predicted molar refractivity (Wildman–Crippen MR) is 79.5 cm³/mol. The van der Waals surface area contributed by atoms with Crippen molar-refractivity contribution in [2.24, 2.45) is 0 Å². The number of ether oxygens (including phenoxy) is 1. The van der Waals surface area contributed by atoms with E-state index in [1.54, 1.807) is 6.92 Å². The summed E-state index contributed by atoms with van der Waals surface area (Å²) in [5.41, 5.74) is 2.10. The summed E-state index contributed by atoms with van der Waals surface area (Å²) in [6.07, 6.45) is 6.14. The molecule has 19 heavy (non-hydrogen) atoms. The third-order valence-corrected chi connectivity index (χ3v) is 3.52. The van der Waals surface area contributed by atoms with E-state index >= 15 is 0 Å². The zero-order valence-electron chi connectivity index (χ0n) is 11.8. The molecule has 1 unspecified atom stereocenters. The van der Waals surface area contributed by atoms with Crippen molar-refractivity contribution in [2.75, 3.05) is 6.61 Å². The lowest BCUT2D eigenvalue weighted by Gasteiger charge is -2.09. The molecule has 1 aromatic carbocycles. The Hall–Kier alpha value is -1.02. The van der Waals surface area contributed by atoms with E-state index in [1.165, 1.54) is 31.2 Å². The Morgan fingerprint density at radius 3 is 2.42 bits per heavy atom. The van der Waals surface area contributed by atoms with Crippen LogP contribution in [0.5, 0.6) is 0 Å². The lowest BCUT2D eigenvalue weighted by molar-refractivity contribution is -0.142. The third kappa shape index (κ3) is 5.65. The molecule has 1 aromatic rings. The average molecular weight is 283 g/mol. The summed E-state index contributed by atoms with van der Waals surface area (Å²) in [5.74, 6) is -0.375. The Balaban J connectivity index is 2.48. The van der Waals surface area contributed by atoms with Crippen LogP contribution in [0.25, 0.3) is 0 Å². The Kier molecular flexibility index (Phi) is 7.57. The first-order valence-corrected chi connectivity index (χ1v) is 7.52. The normalized spacial score (nSPS) is 12.2. The number of esters is 1. The van der Waals surface area contributed by atoms with Crippen molar-refractivity contribution in [1.82, 2.24) is 0 Å². The number of rotatable bonds is 8. The number of carbonyl (C=O) groups excluding carboxylic acids is 1. The van der Waals surface area contributed by atoms with E-state index in [9.17, 15) is 4.79 Å². The number of hydrogen-bond donors (Lipinski definition) is 0. The topological polar surface area (TPSA) is 26.3 Å². The molecule has 3 heteroatoms. The van der Waals surface area contributed by atoms with Gasteiger partial charge < -0.3 is 4.74 Å². The highest BCUT2D eigenvalue weighted by Crippen LogP contribution is 2.22. The van der Waals surface area contributed by atoms with E-state index in [2.05, 4.69) is 19.1 Å². The van der Waals surface area contributed by atoms with Crippen molar-refractivity contribution in [3.63, 3.8) is 0 Å².